The first-order valence-corrected chi connectivity index (χ1v) is 24.0. The van der Waals surface area contributed by atoms with E-state index in [9.17, 15) is 5.11 Å². The number of aliphatic hydroxyl groups excluding tert-OH is 1. The van der Waals surface area contributed by atoms with Gasteiger partial charge in [0, 0.05) is 0 Å². The molecular weight excluding hydrogens is 633 g/mol. The van der Waals surface area contributed by atoms with Gasteiger partial charge in [0.1, 0.15) is 0 Å². The molecule has 0 aliphatic heterocycles. The Labute approximate surface area is 331 Å². The quantitative estimate of drug-likeness (QED) is 0.0505. The van der Waals surface area contributed by atoms with Gasteiger partial charge in [-0.05, 0) is 91.8 Å². The Hall–Kier alpha value is -0.0800. The van der Waals surface area contributed by atoms with Crippen LogP contribution in [-0.2, 0) is 4.74 Å². The van der Waals surface area contributed by atoms with Crippen molar-refractivity contribution in [3.05, 3.63) is 0 Å². The third-order valence-corrected chi connectivity index (χ3v) is 12.6. The fourth-order valence-corrected chi connectivity index (χ4v) is 8.43. The third kappa shape index (κ3) is 35.6. The zero-order valence-corrected chi connectivity index (χ0v) is 38.3. The molecule has 0 aliphatic carbocycles. The van der Waals surface area contributed by atoms with Crippen LogP contribution in [0.1, 0.15) is 256 Å². The standard InChI is InChI=1S/C50H102O2/c1-40(2)22-14-13-15-35-50(51)52-49(38-36-47(11)33-20-31-45(9)29-18-27-43(7)25-16-23-41(3)4)39-37-48(12)34-21-32-46(10)30-19-28-44(8)26-17-24-42(5)6/h40-51H,13-39H2,1-12H3. The van der Waals surface area contributed by atoms with Crippen molar-refractivity contribution in [2.45, 2.75) is 269 Å². The smallest absolute Gasteiger partial charge is 0.154 e. The molecule has 0 saturated carbocycles. The fourth-order valence-electron chi connectivity index (χ4n) is 8.43. The van der Waals surface area contributed by atoms with E-state index < -0.39 is 6.29 Å². The summed E-state index contributed by atoms with van der Waals surface area (Å²) in [6.07, 6.45) is 35.0. The van der Waals surface area contributed by atoms with Crippen molar-refractivity contribution < 1.29 is 9.84 Å². The highest BCUT2D eigenvalue weighted by molar-refractivity contribution is 4.68. The molecule has 0 saturated heterocycles. The van der Waals surface area contributed by atoms with Crippen LogP contribution in [0.25, 0.3) is 0 Å². The SMILES string of the molecule is CC(C)CCCCCC(O)OC(CCC(C)CCCC(C)CCCC(C)CCCC(C)C)CCC(C)CCCC(C)CCCC(C)CCCC(C)C. The summed E-state index contributed by atoms with van der Waals surface area (Å²) in [5, 5.41) is 10.9. The summed E-state index contributed by atoms with van der Waals surface area (Å²) in [7, 11) is 0. The van der Waals surface area contributed by atoms with Gasteiger partial charge in [-0.15, -0.1) is 0 Å². The van der Waals surface area contributed by atoms with Gasteiger partial charge in [-0.1, -0.05) is 218 Å². The van der Waals surface area contributed by atoms with Gasteiger partial charge >= 0.3 is 0 Å². The van der Waals surface area contributed by atoms with E-state index in [2.05, 4.69) is 83.1 Å². The van der Waals surface area contributed by atoms with Crippen LogP contribution in [0.2, 0.25) is 0 Å². The highest BCUT2D eigenvalue weighted by atomic mass is 16.6. The second-order valence-corrected chi connectivity index (χ2v) is 20.4. The van der Waals surface area contributed by atoms with Crippen LogP contribution in [0.5, 0.6) is 0 Å². The summed E-state index contributed by atoms with van der Waals surface area (Å²) in [5.41, 5.74) is 0. The Bertz CT molecular complexity index is 682. The van der Waals surface area contributed by atoms with E-state index in [1.165, 1.54) is 148 Å². The molecule has 314 valence electrons. The zero-order chi connectivity index (χ0) is 39.1. The molecule has 2 nitrogen and oxygen atoms in total. The fraction of sp³-hybridized carbons (Fsp3) is 1.00. The zero-order valence-electron chi connectivity index (χ0n) is 38.3. The maximum absolute atomic E-state index is 10.9. The van der Waals surface area contributed by atoms with Crippen molar-refractivity contribution in [1.29, 1.82) is 0 Å². The van der Waals surface area contributed by atoms with E-state index in [1.807, 2.05) is 0 Å². The average Bonchev–Trinajstić information content (AvgIpc) is 3.05. The van der Waals surface area contributed by atoms with Gasteiger partial charge in [0.15, 0.2) is 6.29 Å². The highest BCUT2D eigenvalue weighted by Gasteiger charge is 2.18. The molecule has 0 bridgehead atoms. The molecular formula is C50H102O2. The monoisotopic (exact) mass is 735 g/mol. The molecule has 0 aromatic carbocycles. The van der Waals surface area contributed by atoms with E-state index in [1.54, 1.807) is 0 Å². The molecule has 0 aromatic rings. The predicted octanol–water partition coefficient (Wildman–Crippen LogP) is 17.0. The number of ether oxygens (including phenoxy) is 1. The lowest BCUT2D eigenvalue weighted by atomic mass is 9.89. The molecule has 7 atom stereocenters. The van der Waals surface area contributed by atoms with Crippen molar-refractivity contribution >= 4 is 0 Å². The lowest BCUT2D eigenvalue weighted by Crippen LogP contribution is -2.23. The molecule has 2 heteroatoms. The van der Waals surface area contributed by atoms with Gasteiger partial charge in [0.05, 0.1) is 6.10 Å². The van der Waals surface area contributed by atoms with E-state index >= 15 is 0 Å². The van der Waals surface area contributed by atoms with E-state index in [-0.39, 0.29) is 6.10 Å². The van der Waals surface area contributed by atoms with Crippen LogP contribution in [0.15, 0.2) is 0 Å². The molecule has 0 radical (unpaired) electrons. The number of hydrogen-bond acceptors (Lipinski definition) is 2. The Morgan fingerprint density at radius 3 is 0.827 bits per heavy atom. The minimum absolute atomic E-state index is 0.207. The first-order chi connectivity index (χ1) is 24.7. The average molecular weight is 735 g/mol. The topological polar surface area (TPSA) is 29.5 Å². The van der Waals surface area contributed by atoms with Crippen LogP contribution in [0.4, 0.5) is 0 Å². The molecule has 0 rings (SSSR count). The molecule has 0 aromatic heterocycles. The Balaban J connectivity index is 4.53. The summed E-state index contributed by atoms with van der Waals surface area (Å²) in [6, 6.07) is 0. The van der Waals surface area contributed by atoms with Crippen LogP contribution in [0, 0.1) is 53.3 Å². The lowest BCUT2D eigenvalue weighted by molar-refractivity contribution is -0.145. The van der Waals surface area contributed by atoms with E-state index in [4.69, 9.17) is 4.74 Å². The van der Waals surface area contributed by atoms with Crippen molar-refractivity contribution in [3.8, 4) is 0 Å². The summed E-state index contributed by atoms with van der Waals surface area (Å²) in [6.45, 7) is 28.9. The summed E-state index contributed by atoms with van der Waals surface area (Å²) < 4.78 is 6.42. The second kappa shape index (κ2) is 34.2. The Kier molecular flexibility index (Phi) is 34.1. The van der Waals surface area contributed by atoms with Gasteiger partial charge in [0.2, 0.25) is 0 Å². The van der Waals surface area contributed by atoms with Gasteiger partial charge in [0.25, 0.3) is 0 Å². The van der Waals surface area contributed by atoms with E-state index in [0.29, 0.717) is 0 Å². The maximum atomic E-state index is 10.9. The first-order valence-electron chi connectivity index (χ1n) is 24.0. The van der Waals surface area contributed by atoms with Gasteiger partial charge in [-0.3, -0.25) is 0 Å². The van der Waals surface area contributed by atoms with Crippen LogP contribution < -0.4 is 0 Å². The molecule has 0 fully saturated rings. The summed E-state index contributed by atoms with van der Waals surface area (Å²) in [5.74, 6) is 7.48. The highest BCUT2D eigenvalue weighted by Crippen LogP contribution is 2.27. The molecule has 0 aliphatic rings. The number of unbranched alkanes of at least 4 members (excludes halogenated alkanes) is 2. The maximum Gasteiger partial charge on any atom is 0.154 e. The van der Waals surface area contributed by atoms with Crippen LogP contribution >= 0.6 is 0 Å². The molecule has 7 unspecified atom stereocenters. The van der Waals surface area contributed by atoms with Crippen molar-refractivity contribution in [3.63, 3.8) is 0 Å². The lowest BCUT2D eigenvalue weighted by Gasteiger charge is -2.25. The number of rotatable bonds is 38. The molecule has 0 spiro atoms. The van der Waals surface area contributed by atoms with Crippen molar-refractivity contribution in [2.24, 2.45) is 53.3 Å². The Morgan fingerprint density at radius 2 is 0.519 bits per heavy atom. The largest absolute Gasteiger partial charge is 0.368 e. The van der Waals surface area contributed by atoms with Crippen molar-refractivity contribution in [2.75, 3.05) is 0 Å². The second-order valence-electron chi connectivity index (χ2n) is 20.4. The minimum Gasteiger partial charge on any atom is -0.368 e. The molecule has 52 heavy (non-hydrogen) atoms. The normalized spacial score (nSPS) is 17.1. The van der Waals surface area contributed by atoms with Gasteiger partial charge < -0.3 is 9.84 Å². The molecule has 0 heterocycles. The minimum atomic E-state index is -0.591. The Morgan fingerprint density at radius 1 is 0.269 bits per heavy atom. The summed E-state index contributed by atoms with van der Waals surface area (Å²) in [4.78, 5) is 0. The van der Waals surface area contributed by atoms with Gasteiger partial charge in [-0.2, -0.15) is 0 Å². The molecule has 1 N–H and O–H groups in total. The molecule has 0 amide bonds. The van der Waals surface area contributed by atoms with Crippen molar-refractivity contribution in [1.82, 2.24) is 0 Å². The first kappa shape index (κ1) is 51.9. The predicted molar refractivity (Wildman–Crippen MR) is 235 cm³/mol. The van der Waals surface area contributed by atoms with Gasteiger partial charge in [-0.25, -0.2) is 0 Å². The third-order valence-electron chi connectivity index (χ3n) is 12.6. The van der Waals surface area contributed by atoms with Crippen LogP contribution in [-0.4, -0.2) is 17.5 Å². The number of hydrogen-bond donors (Lipinski definition) is 1. The summed E-state index contributed by atoms with van der Waals surface area (Å²) >= 11 is 0. The van der Waals surface area contributed by atoms with E-state index in [0.717, 1.165) is 78.9 Å². The number of aliphatic hydroxyl groups is 1. The van der Waals surface area contributed by atoms with Crippen LogP contribution in [0.3, 0.4) is 0 Å².